The summed E-state index contributed by atoms with van der Waals surface area (Å²) in [4.78, 5) is 14.3. The summed E-state index contributed by atoms with van der Waals surface area (Å²) in [6, 6.07) is 8.59. The zero-order chi connectivity index (χ0) is 15.5. The molecular formula is C18H26ClNO. The third-order valence-electron chi connectivity index (χ3n) is 4.24. The van der Waals surface area contributed by atoms with E-state index < -0.39 is 0 Å². The maximum absolute atomic E-state index is 12.3. The molecule has 1 fully saturated rings. The van der Waals surface area contributed by atoms with Crippen LogP contribution in [-0.4, -0.2) is 23.9 Å². The van der Waals surface area contributed by atoms with Crippen LogP contribution in [0.3, 0.4) is 0 Å². The first kappa shape index (κ1) is 16.4. The number of likely N-dealkylation sites (tertiary alicyclic amines) is 1. The van der Waals surface area contributed by atoms with E-state index in [0.717, 1.165) is 32.4 Å². The van der Waals surface area contributed by atoms with E-state index in [1.165, 1.54) is 11.1 Å². The van der Waals surface area contributed by atoms with Gasteiger partial charge in [-0.2, -0.15) is 0 Å². The molecule has 2 rings (SSSR count). The van der Waals surface area contributed by atoms with Crippen LogP contribution in [0.1, 0.15) is 44.7 Å². The predicted molar refractivity (Wildman–Crippen MR) is 88.5 cm³/mol. The molecule has 1 aliphatic rings. The normalized spacial score (nSPS) is 17.0. The van der Waals surface area contributed by atoms with E-state index in [1.54, 1.807) is 0 Å². The highest BCUT2D eigenvalue weighted by atomic mass is 35.5. The number of piperidine rings is 1. The number of hydrogen-bond donors (Lipinski definition) is 0. The maximum Gasteiger partial charge on any atom is 0.227 e. The molecule has 0 aliphatic carbocycles. The summed E-state index contributed by atoms with van der Waals surface area (Å²) in [7, 11) is 0. The second kappa shape index (κ2) is 6.83. The molecule has 1 aromatic rings. The molecular weight excluding hydrogens is 282 g/mol. The lowest BCUT2D eigenvalue weighted by molar-refractivity contribution is -0.140. The number of halogens is 1. The van der Waals surface area contributed by atoms with Gasteiger partial charge < -0.3 is 4.90 Å². The molecule has 0 atom stereocenters. The van der Waals surface area contributed by atoms with Crippen LogP contribution in [0.5, 0.6) is 0 Å². The van der Waals surface area contributed by atoms with Crippen molar-refractivity contribution in [1.82, 2.24) is 4.90 Å². The first-order valence-electron chi connectivity index (χ1n) is 7.83. The van der Waals surface area contributed by atoms with Gasteiger partial charge in [-0.15, -0.1) is 11.6 Å². The summed E-state index contributed by atoms with van der Waals surface area (Å²) < 4.78 is 0. The van der Waals surface area contributed by atoms with E-state index in [0.29, 0.717) is 11.8 Å². The van der Waals surface area contributed by atoms with E-state index in [-0.39, 0.29) is 11.3 Å². The zero-order valence-corrected chi connectivity index (χ0v) is 14.1. The third-order valence-corrected chi connectivity index (χ3v) is 4.55. The molecule has 0 bridgehead atoms. The maximum atomic E-state index is 12.3. The summed E-state index contributed by atoms with van der Waals surface area (Å²) >= 11 is 5.82. The Hall–Kier alpha value is -1.02. The Morgan fingerprint density at radius 2 is 1.67 bits per heavy atom. The van der Waals surface area contributed by atoms with Crippen molar-refractivity contribution in [3.8, 4) is 0 Å². The van der Waals surface area contributed by atoms with Crippen molar-refractivity contribution in [2.75, 3.05) is 13.1 Å². The monoisotopic (exact) mass is 307 g/mol. The van der Waals surface area contributed by atoms with Crippen LogP contribution in [0.25, 0.3) is 0 Å². The van der Waals surface area contributed by atoms with Crippen LogP contribution in [0.2, 0.25) is 0 Å². The third kappa shape index (κ3) is 4.47. The highest BCUT2D eigenvalue weighted by molar-refractivity contribution is 6.17. The molecule has 0 spiro atoms. The predicted octanol–water partition coefficient (Wildman–Crippen LogP) is 4.25. The molecule has 0 aromatic heterocycles. The number of hydrogen-bond acceptors (Lipinski definition) is 1. The number of carbonyl (C=O) groups excluding carboxylic acids is 1. The van der Waals surface area contributed by atoms with Crippen molar-refractivity contribution < 1.29 is 4.79 Å². The van der Waals surface area contributed by atoms with Crippen molar-refractivity contribution in [3.05, 3.63) is 35.4 Å². The first-order valence-corrected chi connectivity index (χ1v) is 8.37. The molecule has 0 saturated carbocycles. The topological polar surface area (TPSA) is 20.3 Å². The Balaban J connectivity index is 1.85. The smallest absolute Gasteiger partial charge is 0.227 e. The molecule has 0 radical (unpaired) electrons. The van der Waals surface area contributed by atoms with Gasteiger partial charge in [0.15, 0.2) is 0 Å². The highest BCUT2D eigenvalue weighted by Gasteiger charge is 2.30. The van der Waals surface area contributed by atoms with Crippen LogP contribution in [0.4, 0.5) is 0 Å². The van der Waals surface area contributed by atoms with Crippen LogP contribution < -0.4 is 0 Å². The summed E-state index contributed by atoms with van der Waals surface area (Å²) in [6.45, 7) is 7.81. The van der Waals surface area contributed by atoms with Crippen molar-refractivity contribution in [2.45, 2.75) is 45.9 Å². The Morgan fingerprint density at radius 1 is 1.14 bits per heavy atom. The summed E-state index contributed by atoms with van der Waals surface area (Å²) in [5.74, 6) is 1.55. The SMILES string of the molecule is CC(C)(C)C(=O)N1CCC(Cc2ccc(CCl)cc2)CC1. The molecule has 0 N–H and O–H groups in total. The number of rotatable bonds is 3. The van der Waals surface area contributed by atoms with E-state index in [2.05, 4.69) is 24.3 Å². The Bertz CT molecular complexity index is 467. The van der Waals surface area contributed by atoms with E-state index in [1.807, 2.05) is 25.7 Å². The molecule has 1 aromatic carbocycles. The van der Waals surface area contributed by atoms with Crippen molar-refractivity contribution in [1.29, 1.82) is 0 Å². The molecule has 2 nitrogen and oxygen atoms in total. The fraction of sp³-hybridized carbons (Fsp3) is 0.611. The second-order valence-electron chi connectivity index (χ2n) is 7.14. The van der Waals surface area contributed by atoms with Crippen molar-refractivity contribution >= 4 is 17.5 Å². The van der Waals surface area contributed by atoms with Crippen LogP contribution in [-0.2, 0) is 17.1 Å². The molecule has 1 saturated heterocycles. The van der Waals surface area contributed by atoms with Crippen molar-refractivity contribution in [3.63, 3.8) is 0 Å². The van der Waals surface area contributed by atoms with Crippen LogP contribution in [0, 0.1) is 11.3 Å². The van der Waals surface area contributed by atoms with E-state index >= 15 is 0 Å². The molecule has 3 heteroatoms. The fourth-order valence-corrected chi connectivity index (χ4v) is 3.09. The van der Waals surface area contributed by atoms with E-state index in [9.17, 15) is 4.79 Å². The second-order valence-corrected chi connectivity index (χ2v) is 7.41. The quantitative estimate of drug-likeness (QED) is 0.764. The Kier molecular flexibility index (Phi) is 5.32. The number of carbonyl (C=O) groups is 1. The summed E-state index contributed by atoms with van der Waals surface area (Å²) in [5, 5.41) is 0. The number of nitrogens with zero attached hydrogens (tertiary/aromatic N) is 1. The highest BCUT2D eigenvalue weighted by Crippen LogP contribution is 2.25. The number of benzene rings is 1. The van der Waals surface area contributed by atoms with Gasteiger partial charge >= 0.3 is 0 Å². The lowest BCUT2D eigenvalue weighted by Gasteiger charge is -2.35. The molecule has 116 valence electrons. The fourth-order valence-electron chi connectivity index (χ4n) is 2.91. The molecule has 21 heavy (non-hydrogen) atoms. The van der Waals surface area contributed by atoms with Crippen LogP contribution >= 0.6 is 11.6 Å². The average Bonchev–Trinajstić information content (AvgIpc) is 2.47. The molecule has 1 aliphatic heterocycles. The minimum absolute atomic E-state index is 0.260. The van der Waals surface area contributed by atoms with Gasteiger partial charge in [-0.1, -0.05) is 45.0 Å². The average molecular weight is 308 g/mol. The van der Waals surface area contributed by atoms with Gasteiger partial charge in [-0.3, -0.25) is 4.79 Å². The van der Waals surface area contributed by atoms with Gasteiger partial charge in [0.25, 0.3) is 0 Å². The standard InChI is InChI=1S/C18H26ClNO/c1-18(2,3)17(21)20-10-8-15(9-11-20)12-14-4-6-16(13-19)7-5-14/h4-7,15H,8-13H2,1-3H3. The van der Waals surface area contributed by atoms with Gasteiger partial charge in [0, 0.05) is 24.4 Å². The summed E-state index contributed by atoms with van der Waals surface area (Å²) in [6.07, 6.45) is 3.33. The molecule has 1 amide bonds. The van der Waals surface area contributed by atoms with Crippen LogP contribution in [0.15, 0.2) is 24.3 Å². The number of amides is 1. The Labute approximate surface area is 133 Å². The Morgan fingerprint density at radius 3 is 2.14 bits per heavy atom. The minimum Gasteiger partial charge on any atom is -0.342 e. The lowest BCUT2D eigenvalue weighted by Crippen LogP contribution is -2.44. The van der Waals surface area contributed by atoms with Gasteiger partial charge in [0.2, 0.25) is 5.91 Å². The molecule has 1 heterocycles. The first-order chi connectivity index (χ1) is 9.90. The minimum atomic E-state index is -0.260. The van der Waals surface area contributed by atoms with Gasteiger partial charge in [-0.25, -0.2) is 0 Å². The van der Waals surface area contributed by atoms with Gasteiger partial charge in [-0.05, 0) is 36.3 Å². The number of alkyl halides is 1. The van der Waals surface area contributed by atoms with Gasteiger partial charge in [0.05, 0.1) is 0 Å². The largest absolute Gasteiger partial charge is 0.342 e. The molecule has 0 unspecified atom stereocenters. The summed E-state index contributed by atoms with van der Waals surface area (Å²) in [5.41, 5.74) is 2.29. The van der Waals surface area contributed by atoms with Gasteiger partial charge in [0.1, 0.15) is 0 Å². The van der Waals surface area contributed by atoms with Crippen molar-refractivity contribution in [2.24, 2.45) is 11.3 Å². The van der Waals surface area contributed by atoms with E-state index in [4.69, 9.17) is 11.6 Å². The lowest BCUT2D eigenvalue weighted by atomic mass is 9.88. The zero-order valence-electron chi connectivity index (χ0n) is 13.4.